The lowest BCUT2D eigenvalue weighted by atomic mass is 10.1. The van der Waals surface area contributed by atoms with Gasteiger partial charge in [-0.2, -0.15) is 0 Å². The Hall–Kier alpha value is -0.460. The maximum atomic E-state index is 3.66. The average molecular weight is 1040 g/mol. The predicted molar refractivity (Wildman–Crippen MR) is 197 cm³/mol. The minimum absolute atomic E-state index is 0.985. The van der Waals surface area contributed by atoms with Crippen molar-refractivity contribution in [3.63, 3.8) is 0 Å². The van der Waals surface area contributed by atoms with Crippen molar-refractivity contribution < 1.29 is 0 Å². The molecule has 0 aliphatic heterocycles. The van der Waals surface area contributed by atoms with E-state index in [1.165, 1.54) is 0 Å². The summed E-state index contributed by atoms with van der Waals surface area (Å²) in [5, 5.41) is 0. The van der Waals surface area contributed by atoms with E-state index in [9.17, 15) is 0 Å². The van der Waals surface area contributed by atoms with Crippen molar-refractivity contribution in [2.24, 2.45) is 0 Å². The largest absolute Gasteiger partial charge is 0.310 e. The van der Waals surface area contributed by atoms with Crippen LogP contribution in [0.4, 0.5) is 34.1 Å². The van der Waals surface area contributed by atoms with Crippen LogP contribution in [0.25, 0.3) is 0 Å². The van der Waals surface area contributed by atoms with Gasteiger partial charge >= 0.3 is 0 Å². The lowest BCUT2D eigenvalue weighted by Crippen LogP contribution is -2.12. The lowest BCUT2D eigenvalue weighted by Gasteiger charge is -2.29. The molecule has 0 atom stereocenters. The number of hydrogen-bond acceptors (Lipinski definition) is 2. The monoisotopic (exact) mass is 1040 g/mol. The number of benzene rings is 5. The van der Waals surface area contributed by atoms with Gasteiger partial charge in [0.05, 0.1) is 0 Å². The molecule has 0 bridgehead atoms. The van der Waals surface area contributed by atoms with E-state index in [1.807, 2.05) is 24.3 Å². The van der Waals surface area contributed by atoms with Crippen molar-refractivity contribution in [1.29, 1.82) is 0 Å². The molecule has 40 heavy (non-hydrogen) atoms. The van der Waals surface area contributed by atoms with E-state index in [0.29, 0.717) is 0 Å². The Morgan fingerprint density at radius 3 is 0.600 bits per heavy atom. The molecule has 0 radical (unpaired) electrons. The van der Waals surface area contributed by atoms with Crippen molar-refractivity contribution in [2.45, 2.75) is 0 Å². The Morgan fingerprint density at radius 1 is 0.250 bits per heavy atom. The molecular weight excluding hydrogens is 1030 g/mol. The molecule has 0 saturated heterocycles. The Bertz CT molecular complexity index is 1400. The first kappa shape index (κ1) is 31.0. The van der Waals surface area contributed by atoms with Gasteiger partial charge in [0.25, 0.3) is 0 Å². The molecule has 5 aromatic rings. The molecule has 0 saturated carbocycles. The third-order valence-corrected chi connectivity index (χ3v) is 9.45. The zero-order valence-electron chi connectivity index (χ0n) is 20.2. The molecule has 0 spiro atoms. The number of anilines is 6. The summed E-state index contributed by atoms with van der Waals surface area (Å²) in [7, 11) is 0. The Morgan fingerprint density at radius 2 is 0.425 bits per heavy atom. The van der Waals surface area contributed by atoms with Crippen LogP contribution >= 0.6 is 127 Å². The normalized spacial score (nSPS) is 11.0. The van der Waals surface area contributed by atoms with Crippen molar-refractivity contribution in [3.05, 3.63) is 133 Å². The predicted octanol–water partition coefficient (Wildman–Crippen LogP) is 14.7. The molecule has 5 rings (SSSR count). The Kier molecular flexibility index (Phi) is 10.4. The molecular formula is C30H16Br8N2. The highest BCUT2D eigenvalue weighted by molar-refractivity contribution is 9.12. The molecule has 0 N–H and O–H groups in total. The van der Waals surface area contributed by atoms with Crippen molar-refractivity contribution in [2.75, 3.05) is 9.80 Å². The van der Waals surface area contributed by atoms with E-state index in [4.69, 9.17) is 0 Å². The third kappa shape index (κ3) is 7.54. The molecule has 0 aromatic heterocycles. The summed E-state index contributed by atoms with van der Waals surface area (Å²) in [6, 6.07) is 33.6. The summed E-state index contributed by atoms with van der Waals surface area (Å²) in [6.45, 7) is 0. The summed E-state index contributed by atoms with van der Waals surface area (Å²) in [5.74, 6) is 0. The number of nitrogens with zero attached hydrogens (tertiary/aromatic N) is 2. The van der Waals surface area contributed by atoms with Crippen LogP contribution in [0.15, 0.2) is 133 Å². The van der Waals surface area contributed by atoms with Crippen LogP contribution in [0, 0.1) is 0 Å². The van der Waals surface area contributed by atoms with E-state index in [-0.39, 0.29) is 0 Å². The van der Waals surface area contributed by atoms with Crippen LogP contribution in [-0.2, 0) is 0 Å². The molecule has 5 aromatic carbocycles. The van der Waals surface area contributed by atoms with Gasteiger partial charge in [-0.05, 0) is 97.1 Å². The summed E-state index contributed by atoms with van der Waals surface area (Å²) in [4.78, 5) is 4.45. The molecule has 0 unspecified atom stereocenters. The van der Waals surface area contributed by atoms with Crippen LogP contribution in [0.1, 0.15) is 0 Å². The molecule has 202 valence electrons. The first-order valence-corrected chi connectivity index (χ1v) is 17.9. The van der Waals surface area contributed by atoms with Gasteiger partial charge < -0.3 is 9.80 Å². The van der Waals surface area contributed by atoms with Crippen LogP contribution < -0.4 is 9.80 Å². The minimum atomic E-state index is 0.985. The van der Waals surface area contributed by atoms with Crippen molar-refractivity contribution in [3.8, 4) is 0 Å². The second kappa shape index (κ2) is 13.5. The first-order valence-electron chi connectivity index (χ1n) is 11.6. The maximum Gasteiger partial charge on any atom is 0.0484 e. The van der Waals surface area contributed by atoms with E-state index in [1.54, 1.807) is 0 Å². The van der Waals surface area contributed by atoms with Crippen molar-refractivity contribution >= 4 is 162 Å². The van der Waals surface area contributed by atoms with Gasteiger partial charge in [-0.3, -0.25) is 0 Å². The van der Waals surface area contributed by atoms with E-state index in [2.05, 4.69) is 210 Å². The Labute approximate surface area is 300 Å². The highest BCUT2D eigenvalue weighted by atomic mass is 79.9. The highest BCUT2D eigenvalue weighted by Gasteiger charge is 2.18. The van der Waals surface area contributed by atoms with E-state index < -0.39 is 0 Å². The molecule has 0 amide bonds. The minimum Gasteiger partial charge on any atom is -0.310 e. The molecule has 0 aliphatic carbocycles. The Balaban J connectivity index is 1.66. The quantitative estimate of drug-likeness (QED) is 0.167. The third-order valence-electron chi connectivity index (χ3n) is 5.79. The van der Waals surface area contributed by atoms with Gasteiger partial charge in [0, 0.05) is 69.9 Å². The second-order valence-electron chi connectivity index (χ2n) is 8.70. The van der Waals surface area contributed by atoms with Gasteiger partial charge in [0.2, 0.25) is 0 Å². The maximum absolute atomic E-state index is 3.66. The smallest absolute Gasteiger partial charge is 0.0484 e. The highest BCUT2D eigenvalue weighted by Crippen LogP contribution is 2.43. The summed E-state index contributed by atoms with van der Waals surface area (Å²) < 4.78 is 7.88. The lowest BCUT2D eigenvalue weighted by molar-refractivity contribution is 1.24. The zero-order chi connectivity index (χ0) is 28.6. The SMILES string of the molecule is Brc1cc(Br)cc(N(c2ccc(N(c3cc(Br)cc(Br)c3)c3cc(Br)cc(Br)c3)cc2)c2cc(Br)cc(Br)c2)c1. The molecule has 0 fully saturated rings. The molecule has 2 nitrogen and oxygen atoms in total. The van der Waals surface area contributed by atoms with Gasteiger partial charge in [0.15, 0.2) is 0 Å². The van der Waals surface area contributed by atoms with Gasteiger partial charge in [0.1, 0.15) is 0 Å². The van der Waals surface area contributed by atoms with Gasteiger partial charge in [-0.25, -0.2) is 0 Å². The van der Waals surface area contributed by atoms with Crippen LogP contribution in [-0.4, -0.2) is 0 Å². The summed E-state index contributed by atoms with van der Waals surface area (Å²) >= 11 is 29.3. The first-order chi connectivity index (χ1) is 19.0. The summed E-state index contributed by atoms with van der Waals surface area (Å²) in [6.07, 6.45) is 0. The fraction of sp³-hybridized carbons (Fsp3) is 0. The van der Waals surface area contributed by atoms with Gasteiger partial charge in [-0.1, -0.05) is 127 Å². The average Bonchev–Trinajstić information content (AvgIpc) is 2.83. The van der Waals surface area contributed by atoms with Gasteiger partial charge in [-0.15, -0.1) is 0 Å². The fourth-order valence-corrected chi connectivity index (χ4v) is 9.40. The van der Waals surface area contributed by atoms with Crippen molar-refractivity contribution in [1.82, 2.24) is 0 Å². The zero-order valence-corrected chi connectivity index (χ0v) is 32.8. The molecule has 10 heteroatoms. The number of hydrogen-bond donors (Lipinski definition) is 0. The second-order valence-corrected chi connectivity index (χ2v) is 16.0. The fourth-order valence-electron chi connectivity index (χ4n) is 4.32. The standard InChI is InChI=1S/C30H16Br8N2/c31-17-5-18(32)10-27(9-17)39(28-11-19(33)6-20(34)12-28)25-1-2-26(4-3-25)40(29-13-21(35)7-22(36)14-29)30-15-23(37)8-24(38)16-30/h1-16H. The summed E-state index contributed by atoms with van der Waals surface area (Å²) in [5.41, 5.74) is 6.10. The van der Waals surface area contributed by atoms with Crippen LogP contribution in [0.3, 0.4) is 0 Å². The number of halogens is 8. The van der Waals surface area contributed by atoms with Crippen LogP contribution in [0.2, 0.25) is 0 Å². The number of rotatable bonds is 6. The van der Waals surface area contributed by atoms with E-state index >= 15 is 0 Å². The molecule has 0 heterocycles. The van der Waals surface area contributed by atoms with E-state index in [0.717, 1.165) is 69.9 Å². The topological polar surface area (TPSA) is 6.48 Å². The van der Waals surface area contributed by atoms with Crippen LogP contribution in [0.5, 0.6) is 0 Å². The molecule has 0 aliphatic rings.